The summed E-state index contributed by atoms with van der Waals surface area (Å²) in [5.41, 5.74) is 0. The summed E-state index contributed by atoms with van der Waals surface area (Å²) in [4.78, 5) is 0.153. The summed E-state index contributed by atoms with van der Waals surface area (Å²) < 4.78 is 28.8. The van der Waals surface area contributed by atoms with Gasteiger partial charge in [0.2, 0.25) is 0 Å². The van der Waals surface area contributed by atoms with Crippen molar-refractivity contribution >= 4 is 50.5 Å². The van der Waals surface area contributed by atoms with E-state index in [2.05, 4.69) is 10.8 Å². The summed E-state index contributed by atoms with van der Waals surface area (Å²) in [6, 6.07) is 16.7. The molecule has 0 N–H and O–H groups in total. The number of benzene rings is 3. The summed E-state index contributed by atoms with van der Waals surface area (Å²) in [6.45, 7) is 3.30. The average molecular weight is 292 g/mol. The van der Waals surface area contributed by atoms with Crippen molar-refractivity contribution in [1.82, 2.24) is 0 Å². The van der Waals surface area contributed by atoms with Gasteiger partial charge < -0.3 is 4.18 Å². The van der Waals surface area contributed by atoms with Crippen LogP contribution in [0.5, 0.6) is 0 Å². The quantitative estimate of drug-likeness (QED) is 0.322. The second kappa shape index (κ2) is 5.95. The topological polar surface area (TPSA) is 43.4 Å². The summed E-state index contributed by atoms with van der Waals surface area (Å²) in [5, 5.41) is 3.62. The Morgan fingerprint density at radius 3 is 2.33 bits per heavy atom. The molecule has 0 heterocycles. The first kappa shape index (κ1) is 15.7. The molecule has 0 atom stereocenters. The van der Waals surface area contributed by atoms with Gasteiger partial charge in [-0.15, -0.1) is 0 Å². The molecule has 3 aromatic carbocycles. The predicted molar refractivity (Wildman–Crippen MR) is 87.1 cm³/mol. The van der Waals surface area contributed by atoms with Crippen LogP contribution in [0.15, 0.2) is 72.3 Å². The molecule has 0 amide bonds. The van der Waals surface area contributed by atoms with Crippen LogP contribution >= 0.6 is 0 Å². The third kappa shape index (κ3) is 2.71. The maximum absolute atomic E-state index is 12.1. The van der Waals surface area contributed by atoms with Gasteiger partial charge in [-0.05, 0) is 22.2 Å². The Morgan fingerprint density at radius 2 is 1.57 bits per heavy atom. The monoisotopic (exact) mass is 292 g/mol. The number of rotatable bonds is 3. The Balaban J connectivity index is 0.00000161. The molecule has 3 nitrogen and oxygen atoms in total. The fraction of sp³-hybridized carbons (Fsp3) is 0. The predicted octanol–water partition coefficient (Wildman–Crippen LogP) is 3.19. The molecule has 0 spiro atoms. The van der Waals surface area contributed by atoms with Crippen LogP contribution in [0.3, 0.4) is 0 Å². The van der Waals surface area contributed by atoms with E-state index in [0.717, 1.165) is 22.4 Å². The van der Waals surface area contributed by atoms with Gasteiger partial charge in [0, 0.05) is 5.39 Å². The van der Waals surface area contributed by atoms with Crippen LogP contribution < -0.4 is 0 Å². The van der Waals surface area contributed by atoms with Gasteiger partial charge in [0.25, 0.3) is 0 Å². The van der Waals surface area contributed by atoms with Crippen molar-refractivity contribution in [2.24, 2.45) is 0 Å². The van der Waals surface area contributed by atoms with Crippen LogP contribution in [-0.4, -0.2) is 27.3 Å². The van der Waals surface area contributed by atoms with Gasteiger partial charge in [-0.1, -0.05) is 55.1 Å². The zero-order valence-corrected chi connectivity index (χ0v) is 11.4. The molecule has 3 aromatic rings. The Hall–Kier alpha value is -1.73. The molecule has 21 heavy (non-hydrogen) atoms. The van der Waals surface area contributed by atoms with Crippen molar-refractivity contribution < 1.29 is 12.6 Å². The van der Waals surface area contributed by atoms with Gasteiger partial charge in [-0.25, -0.2) is 0 Å². The summed E-state index contributed by atoms with van der Waals surface area (Å²) in [7, 11) is -3.82. The summed E-state index contributed by atoms with van der Waals surface area (Å²) in [5.74, 6) is 0. The van der Waals surface area contributed by atoms with Gasteiger partial charge in [0.1, 0.15) is 4.90 Å². The average Bonchev–Trinajstić information content (AvgIpc) is 2.46. The van der Waals surface area contributed by atoms with Crippen LogP contribution in [0.2, 0.25) is 0 Å². The molecule has 0 unspecified atom stereocenters. The Labute approximate surface area is 135 Å². The van der Waals surface area contributed by atoms with E-state index in [1.807, 2.05) is 36.4 Å². The van der Waals surface area contributed by atoms with Gasteiger partial charge in [0.15, 0.2) is 0 Å². The van der Waals surface area contributed by atoms with Crippen molar-refractivity contribution in [2.45, 2.75) is 4.90 Å². The van der Waals surface area contributed by atoms with E-state index in [1.165, 1.54) is 6.07 Å². The zero-order chi connectivity index (χ0) is 14.2. The summed E-state index contributed by atoms with van der Waals surface area (Å²) >= 11 is 0. The van der Waals surface area contributed by atoms with E-state index in [4.69, 9.17) is 0 Å². The number of fused-ring (bicyclic) bond motifs is 3. The van der Waals surface area contributed by atoms with Crippen molar-refractivity contribution in [3.05, 3.63) is 67.4 Å². The molecular formula is C16H13LiO3S. The van der Waals surface area contributed by atoms with Crippen LogP contribution in [-0.2, 0) is 14.3 Å². The zero-order valence-electron chi connectivity index (χ0n) is 10.6. The Kier molecular flexibility index (Phi) is 4.43. The fourth-order valence-corrected chi connectivity index (χ4v) is 3.35. The number of hydrogen-bond acceptors (Lipinski definition) is 3. The SMILES string of the molecule is C=COS(=O)(=O)c1cccc2c1ccc1ccccc12.[LiH]. The molecule has 0 radical (unpaired) electrons. The molecule has 0 aliphatic heterocycles. The normalized spacial score (nSPS) is 11.0. The summed E-state index contributed by atoms with van der Waals surface area (Å²) in [6.07, 6.45) is 0.926. The second-order valence-corrected chi connectivity index (χ2v) is 5.90. The van der Waals surface area contributed by atoms with E-state index < -0.39 is 10.1 Å². The molecule has 102 valence electrons. The fourth-order valence-electron chi connectivity index (χ4n) is 2.37. The first-order chi connectivity index (χ1) is 9.63. The Bertz CT molecular complexity index is 917. The minimum absolute atomic E-state index is 0. The molecule has 0 bridgehead atoms. The van der Waals surface area contributed by atoms with Gasteiger partial charge in [-0.2, -0.15) is 8.42 Å². The molecule has 0 fully saturated rings. The molecule has 0 saturated carbocycles. The Morgan fingerprint density at radius 1 is 0.857 bits per heavy atom. The number of hydrogen-bond donors (Lipinski definition) is 0. The van der Waals surface area contributed by atoms with E-state index >= 15 is 0 Å². The van der Waals surface area contributed by atoms with E-state index in [-0.39, 0.29) is 23.8 Å². The van der Waals surface area contributed by atoms with Crippen molar-refractivity contribution in [2.75, 3.05) is 0 Å². The van der Waals surface area contributed by atoms with Crippen LogP contribution in [0, 0.1) is 0 Å². The molecule has 0 saturated heterocycles. The van der Waals surface area contributed by atoms with Gasteiger partial charge >= 0.3 is 29.0 Å². The van der Waals surface area contributed by atoms with E-state index in [1.54, 1.807) is 12.1 Å². The van der Waals surface area contributed by atoms with Gasteiger partial charge in [-0.3, -0.25) is 0 Å². The molecule has 0 aliphatic carbocycles. The standard InChI is InChI=1S/C16H12O3S.Li.H/c1-2-19-20(17,18)16-9-5-8-14-13-7-4-3-6-12(13)10-11-15(14)16;;/h2-11H,1H2;;. The molecule has 3 rings (SSSR count). The first-order valence-electron chi connectivity index (χ1n) is 6.08. The van der Waals surface area contributed by atoms with E-state index in [9.17, 15) is 8.42 Å². The molecule has 5 heteroatoms. The minimum atomic E-state index is -3.82. The van der Waals surface area contributed by atoms with Crippen LogP contribution in [0.4, 0.5) is 0 Å². The molecule has 0 aliphatic rings. The van der Waals surface area contributed by atoms with E-state index in [0.29, 0.717) is 5.39 Å². The van der Waals surface area contributed by atoms with Gasteiger partial charge in [0.05, 0.1) is 6.26 Å². The van der Waals surface area contributed by atoms with Crippen molar-refractivity contribution in [3.8, 4) is 0 Å². The molecular weight excluding hydrogens is 279 g/mol. The third-order valence-corrected chi connectivity index (χ3v) is 4.49. The molecule has 0 aromatic heterocycles. The van der Waals surface area contributed by atoms with Crippen molar-refractivity contribution in [3.63, 3.8) is 0 Å². The first-order valence-corrected chi connectivity index (χ1v) is 7.49. The van der Waals surface area contributed by atoms with Crippen LogP contribution in [0.25, 0.3) is 21.5 Å². The van der Waals surface area contributed by atoms with Crippen molar-refractivity contribution in [1.29, 1.82) is 0 Å². The third-order valence-electron chi connectivity index (χ3n) is 3.21. The van der Waals surface area contributed by atoms with Crippen LogP contribution in [0.1, 0.15) is 0 Å². The second-order valence-electron chi connectivity index (χ2n) is 4.35. The maximum atomic E-state index is 12.1.